The van der Waals surface area contributed by atoms with Crippen molar-refractivity contribution < 1.29 is 9.50 Å². The first kappa shape index (κ1) is 8.28. The number of hydrogen-bond acceptors (Lipinski definition) is 1. The Kier molecular flexibility index (Phi) is 1.64. The van der Waals surface area contributed by atoms with Crippen LogP contribution in [0.5, 0.6) is 0 Å². The molecule has 2 heteroatoms. The van der Waals surface area contributed by atoms with Crippen LogP contribution in [0.1, 0.15) is 17.5 Å². The molecule has 0 bridgehead atoms. The van der Waals surface area contributed by atoms with E-state index in [1.54, 1.807) is 12.1 Å². The van der Waals surface area contributed by atoms with Crippen molar-refractivity contribution in [3.63, 3.8) is 0 Å². The molecule has 1 unspecified atom stereocenters. The molecule has 1 aliphatic carbocycles. The first-order valence-electron chi connectivity index (χ1n) is 4.15. The molecular formula is C11H9FO. The summed E-state index contributed by atoms with van der Waals surface area (Å²) in [7, 11) is 0. The van der Waals surface area contributed by atoms with Gasteiger partial charge in [0, 0.05) is 5.56 Å². The molecule has 13 heavy (non-hydrogen) atoms. The molecule has 0 spiro atoms. The Labute approximate surface area is 76.2 Å². The monoisotopic (exact) mass is 176 g/mol. The maximum absolute atomic E-state index is 13.2. The van der Waals surface area contributed by atoms with E-state index in [1.165, 1.54) is 6.07 Å². The summed E-state index contributed by atoms with van der Waals surface area (Å²) in [5.74, 6) is 2.04. The highest BCUT2D eigenvalue weighted by Gasteiger charge is 2.36. The molecule has 0 fully saturated rings. The maximum atomic E-state index is 13.2. The molecular weight excluding hydrogens is 167 g/mol. The zero-order valence-electron chi connectivity index (χ0n) is 7.05. The molecule has 0 saturated heterocycles. The molecule has 1 aromatic rings. The zero-order chi connectivity index (χ0) is 9.47. The Morgan fingerprint density at radius 2 is 2.31 bits per heavy atom. The Balaban J connectivity index is 2.63. The molecule has 2 rings (SSSR count). The minimum absolute atomic E-state index is 0.274. The second-order valence-corrected chi connectivity index (χ2v) is 3.27. The number of fused-ring (bicyclic) bond motifs is 1. The van der Waals surface area contributed by atoms with Gasteiger partial charge >= 0.3 is 0 Å². The van der Waals surface area contributed by atoms with E-state index >= 15 is 0 Å². The van der Waals surface area contributed by atoms with Gasteiger partial charge in [-0.1, -0.05) is 18.1 Å². The molecule has 0 saturated carbocycles. The average molecular weight is 176 g/mol. The maximum Gasteiger partial charge on any atom is 0.151 e. The van der Waals surface area contributed by atoms with Crippen molar-refractivity contribution >= 4 is 0 Å². The predicted octanol–water partition coefficient (Wildman–Crippen LogP) is 1.59. The van der Waals surface area contributed by atoms with Crippen LogP contribution < -0.4 is 0 Å². The van der Waals surface area contributed by atoms with Crippen LogP contribution in [0.3, 0.4) is 0 Å². The van der Waals surface area contributed by atoms with Crippen molar-refractivity contribution in [2.24, 2.45) is 0 Å². The fourth-order valence-electron chi connectivity index (χ4n) is 1.79. The summed E-state index contributed by atoms with van der Waals surface area (Å²) in [6.07, 6.45) is 6.14. The molecule has 1 aromatic carbocycles. The van der Waals surface area contributed by atoms with E-state index in [0.717, 1.165) is 0 Å². The van der Waals surface area contributed by atoms with Crippen molar-refractivity contribution in [1.82, 2.24) is 0 Å². The number of halogens is 1. The zero-order valence-corrected chi connectivity index (χ0v) is 7.05. The summed E-state index contributed by atoms with van der Waals surface area (Å²) in [4.78, 5) is 0. The molecule has 1 aliphatic rings. The van der Waals surface area contributed by atoms with Crippen LogP contribution in [0.4, 0.5) is 4.39 Å². The Hall–Kier alpha value is -1.33. The SMILES string of the molecule is C#CC1(O)CCc2c(F)cccc21. The van der Waals surface area contributed by atoms with E-state index in [9.17, 15) is 9.50 Å². The Morgan fingerprint density at radius 1 is 1.54 bits per heavy atom. The minimum Gasteiger partial charge on any atom is -0.373 e. The quantitative estimate of drug-likeness (QED) is 0.595. The van der Waals surface area contributed by atoms with Gasteiger partial charge < -0.3 is 5.11 Å². The lowest BCUT2D eigenvalue weighted by atomic mass is 9.97. The van der Waals surface area contributed by atoms with Crippen LogP contribution in [0.2, 0.25) is 0 Å². The van der Waals surface area contributed by atoms with Crippen molar-refractivity contribution in [3.05, 3.63) is 35.1 Å². The van der Waals surface area contributed by atoms with Gasteiger partial charge in [-0.15, -0.1) is 6.42 Å². The van der Waals surface area contributed by atoms with Crippen molar-refractivity contribution in [2.45, 2.75) is 18.4 Å². The first-order valence-corrected chi connectivity index (χ1v) is 4.15. The summed E-state index contributed by atoms with van der Waals surface area (Å²) in [5.41, 5.74) is -0.143. The third kappa shape index (κ3) is 1.05. The standard InChI is InChI=1S/C11H9FO/c1-2-11(13)7-6-8-9(11)4-3-5-10(8)12/h1,3-5,13H,6-7H2. The van der Waals surface area contributed by atoms with Gasteiger partial charge in [-0.2, -0.15) is 0 Å². The molecule has 66 valence electrons. The van der Waals surface area contributed by atoms with Gasteiger partial charge in [-0.3, -0.25) is 0 Å². The molecule has 0 aliphatic heterocycles. The molecule has 0 radical (unpaired) electrons. The van der Waals surface area contributed by atoms with E-state index in [-0.39, 0.29) is 5.82 Å². The fourth-order valence-corrected chi connectivity index (χ4v) is 1.79. The number of terminal acetylenes is 1. The lowest BCUT2D eigenvalue weighted by molar-refractivity contribution is 0.103. The first-order chi connectivity index (χ1) is 6.17. The van der Waals surface area contributed by atoms with Crippen LogP contribution in [0.15, 0.2) is 18.2 Å². The van der Waals surface area contributed by atoms with Gasteiger partial charge in [-0.05, 0) is 24.5 Å². The van der Waals surface area contributed by atoms with Gasteiger partial charge in [0.1, 0.15) is 5.82 Å². The fraction of sp³-hybridized carbons (Fsp3) is 0.273. The third-order valence-corrected chi connectivity index (χ3v) is 2.54. The lowest BCUT2D eigenvalue weighted by Gasteiger charge is -2.15. The number of aliphatic hydroxyl groups is 1. The summed E-state index contributed by atoms with van der Waals surface area (Å²) >= 11 is 0. The van der Waals surface area contributed by atoms with Gasteiger partial charge in [0.25, 0.3) is 0 Å². The summed E-state index contributed by atoms with van der Waals surface area (Å²) < 4.78 is 13.2. The minimum atomic E-state index is -1.25. The van der Waals surface area contributed by atoms with Crippen LogP contribution in [-0.2, 0) is 12.0 Å². The van der Waals surface area contributed by atoms with Crippen LogP contribution >= 0.6 is 0 Å². The number of hydrogen-bond donors (Lipinski definition) is 1. The van der Waals surface area contributed by atoms with E-state index in [0.29, 0.717) is 24.0 Å². The van der Waals surface area contributed by atoms with Gasteiger partial charge in [-0.25, -0.2) is 4.39 Å². The molecule has 0 aromatic heterocycles. The number of benzene rings is 1. The van der Waals surface area contributed by atoms with Gasteiger partial charge in [0.15, 0.2) is 5.60 Å². The highest BCUT2D eigenvalue weighted by atomic mass is 19.1. The predicted molar refractivity (Wildman–Crippen MR) is 47.5 cm³/mol. The van der Waals surface area contributed by atoms with E-state index in [2.05, 4.69) is 5.92 Å². The molecule has 0 heterocycles. The van der Waals surface area contributed by atoms with Gasteiger partial charge in [0.05, 0.1) is 0 Å². The Bertz CT molecular complexity index is 392. The number of rotatable bonds is 0. The average Bonchev–Trinajstić information content (AvgIpc) is 2.47. The van der Waals surface area contributed by atoms with Crippen LogP contribution in [0.25, 0.3) is 0 Å². The van der Waals surface area contributed by atoms with Crippen molar-refractivity contribution in [2.75, 3.05) is 0 Å². The smallest absolute Gasteiger partial charge is 0.151 e. The molecule has 1 atom stereocenters. The molecule has 1 nitrogen and oxygen atoms in total. The van der Waals surface area contributed by atoms with Crippen molar-refractivity contribution in [3.8, 4) is 12.3 Å². The van der Waals surface area contributed by atoms with E-state index in [1.807, 2.05) is 0 Å². The summed E-state index contributed by atoms with van der Waals surface area (Å²) in [6, 6.07) is 4.65. The highest BCUT2D eigenvalue weighted by Crippen LogP contribution is 2.37. The van der Waals surface area contributed by atoms with Gasteiger partial charge in [0.2, 0.25) is 0 Å². The van der Waals surface area contributed by atoms with E-state index in [4.69, 9.17) is 6.42 Å². The van der Waals surface area contributed by atoms with Crippen LogP contribution in [0, 0.1) is 18.2 Å². The molecule has 0 amide bonds. The largest absolute Gasteiger partial charge is 0.373 e. The third-order valence-electron chi connectivity index (χ3n) is 2.54. The van der Waals surface area contributed by atoms with Crippen LogP contribution in [-0.4, -0.2) is 5.11 Å². The highest BCUT2D eigenvalue weighted by molar-refractivity contribution is 5.42. The summed E-state index contributed by atoms with van der Waals surface area (Å²) in [6.45, 7) is 0. The van der Waals surface area contributed by atoms with Crippen molar-refractivity contribution in [1.29, 1.82) is 0 Å². The topological polar surface area (TPSA) is 20.2 Å². The molecule has 1 N–H and O–H groups in total. The van der Waals surface area contributed by atoms with E-state index < -0.39 is 5.60 Å². The second kappa shape index (κ2) is 2.58. The summed E-state index contributed by atoms with van der Waals surface area (Å²) in [5, 5.41) is 9.87. The Morgan fingerprint density at radius 3 is 3.00 bits per heavy atom. The second-order valence-electron chi connectivity index (χ2n) is 3.27. The lowest BCUT2D eigenvalue weighted by Crippen LogP contribution is -2.18. The normalized spacial score (nSPS) is 25.3.